The molecule has 2 aromatic rings. The van der Waals surface area contributed by atoms with Crippen LogP contribution in [0.1, 0.15) is 36.9 Å². The zero-order chi connectivity index (χ0) is 22.2. The molecular weight excluding hydrogens is 392 g/mol. The molecule has 31 heavy (non-hydrogen) atoms. The van der Waals surface area contributed by atoms with Gasteiger partial charge < -0.3 is 19.7 Å². The fraction of sp³-hybridized carbons (Fsp3) is 0.360. The minimum absolute atomic E-state index is 0.00398. The maximum absolute atomic E-state index is 12.8. The Morgan fingerprint density at radius 1 is 1.06 bits per heavy atom. The summed E-state index contributed by atoms with van der Waals surface area (Å²) in [6, 6.07) is 15.1. The fourth-order valence-electron chi connectivity index (χ4n) is 3.79. The molecule has 2 amide bonds. The number of nitrogens with one attached hydrogen (secondary N) is 1. The first-order valence-electron chi connectivity index (χ1n) is 10.6. The van der Waals surface area contributed by atoms with Crippen molar-refractivity contribution < 1.29 is 19.1 Å². The predicted molar refractivity (Wildman–Crippen MR) is 121 cm³/mol. The van der Waals surface area contributed by atoms with E-state index in [9.17, 15) is 9.59 Å². The van der Waals surface area contributed by atoms with E-state index in [1.54, 1.807) is 25.2 Å². The van der Waals surface area contributed by atoms with E-state index in [0.717, 1.165) is 11.1 Å². The summed E-state index contributed by atoms with van der Waals surface area (Å²) in [5.41, 5.74) is 1.86. The SMILES string of the molecule is COc1ccc(OC)c(C(C)NC(=O)C2CCN(C(=O)/C=C/c3ccccc3)CC2)c1. The molecule has 1 N–H and O–H groups in total. The van der Waals surface area contributed by atoms with Crippen molar-refractivity contribution in [2.24, 2.45) is 5.92 Å². The second kappa shape index (κ2) is 10.7. The van der Waals surface area contributed by atoms with Gasteiger partial charge in [0.15, 0.2) is 0 Å². The Bertz CT molecular complexity index is 918. The molecule has 6 nitrogen and oxygen atoms in total. The van der Waals surface area contributed by atoms with E-state index in [1.165, 1.54) is 0 Å². The highest BCUT2D eigenvalue weighted by Crippen LogP contribution is 2.30. The highest BCUT2D eigenvalue weighted by molar-refractivity contribution is 5.92. The number of piperidine rings is 1. The van der Waals surface area contributed by atoms with Crippen LogP contribution in [0.4, 0.5) is 0 Å². The topological polar surface area (TPSA) is 67.9 Å². The van der Waals surface area contributed by atoms with Gasteiger partial charge in [0.1, 0.15) is 11.5 Å². The number of methoxy groups -OCH3 is 2. The van der Waals surface area contributed by atoms with Crippen LogP contribution in [0.2, 0.25) is 0 Å². The van der Waals surface area contributed by atoms with Gasteiger partial charge in [0.05, 0.1) is 20.3 Å². The summed E-state index contributed by atoms with van der Waals surface area (Å²) in [7, 11) is 3.22. The fourth-order valence-corrected chi connectivity index (χ4v) is 3.79. The molecule has 0 saturated carbocycles. The van der Waals surface area contributed by atoms with E-state index >= 15 is 0 Å². The van der Waals surface area contributed by atoms with Gasteiger partial charge in [0.2, 0.25) is 11.8 Å². The first-order chi connectivity index (χ1) is 15.0. The van der Waals surface area contributed by atoms with Gasteiger partial charge in [-0.3, -0.25) is 9.59 Å². The maximum Gasteiger partial charge on any atom is 0.246 e. The predicted octanol–water partition coefficient (Wildman–Crippen LogP) is 3.83. The zero-order valence-corrected chi connectivity index (χ0v) is 18.3. The minimum atomic E-state index is -0.217. The Labute approximate surface area is 183 Å². The summed E-state index contributed by atoms with van der Waals surface area (Å²) < 4.78 is 10.7. The Balaban J connectivity index is 1.53. The summed E-state index contributed by atoms with van der Waals surface area (Å²) in [5.74, 6) is 1.30. The number of likely N-dealkylation sites (tertiary alicyclic amines) is 1. The number of benzene rings is 2. The molecule has 1 aliphatic heterocycles. The molecule has 0 bridgehead atoms. The lowest BCUT2D eigenvalue weighted by Crippen LogP contribution is -2.43. The molecule has 0 radical (unpaired) electrons. The second-order valence-electron chi connectivity index (χ2n) is 7.68. The van der Waals surface area contributed by atoms with E-state index in [1.807, 2.05) is 61.5 Å². The molecular formula is C25H30N2O4. The van der Waals surface area contributed by atoms with Gasteiger partial charge in [-0.05, 0) is 49.6 Å². The van der Waals surface area contributed by atoms with E-state index < -0.39 is 0 Å². The maximum atomic E-state index is 12.8. The molecule has 0 aromatic heterocycles. The van der Waals surface area contributed by atoms with Gasteiger partial charge in [0, 0.05) is 30.6 Å². The highest BCUT2D eigenvalue weighted by atomic mass is 16.5. The largest absolute Gasteiger partial charge is 0.497 e. The molecule has 1 saturated heterocycles. The van der Waals surface area contributed by atoms with Gasteiger partial charge in [-0.25, -0.2) is 0 Å². The second-order valence-corrected chi connectivity index (χ2v) is 7.68. The monoisotopic (exact) mass is 422 g/mol. The van der Waals surface area contributed by atoms with Crippen molar-refractivity contribution in [1.82, 2.24) is 10.2 Å². The summed E-state index contributed by atoms with van der Waals surface area (Å²) in [6.45, 7) is 3.09. The quantitative estimate of drug-likeness (QED) is 0.689. The Morgan fingerprint density at radius 3 is 2.42 bits per heavy atom. The Morgan fingerprint density at radius 2 is 1.77 bits per heavy atom. The molecule has 6 heteroatoms. The van der Waals surface area contributed by atoms with Gasteiger partial charge in [-0.15, -0.1) is 0 Å². The average Bonchev–Trinajstić information content (AvgIpc) is 2.82. The summed E-state index contributed by atoms with van der Waals surface area (Å²) in [5, 5.41) is 3.09. The van der Waals surface area contributed by atoms with Crippen molar-refractivity contribution in [2.45, 2.75) is 25.8 Å². The van der Waals surface area contributed by atoms with Crippen LogP contribution in [0.3, 0.4) is 0 Å². The first kappa shape index (κ1) is 22.4. The smallest absolute Gasteiger partial charge is 0.246 e. The molecule has 1 fully saturated rings. The molecule has 0 spiro atoms. The summed E-state index contributed by atoms with van der Waals surface area (Å²) in [4.78, 5) is 27.1. The van der Waals surface area contributed by atoms with Crippen LogP contribution in [-0.4, -0.2) is 44.0 Å². The number of carbonyl (C=O) groups excluding carboxylic acids is 2. The Hall–Kier alpha value is -3.28. The van der Waals surface area contributed by atoms with Crippen LogP contribution < -0.4 is 14.8 Å². The van der Waals surface area contributed by atoms with E-state index in [-0.39, 0.29) is 23.8 Å². The van der Waals surface area contributed by atoms with Gasteiger partial charge in [0.25, 0.3) is 0 Å². The van der Waals surface area contributed by atoms with Gasteiger partial charge >= 0.3 is 0 Å². The van der Waals surface area contributed by atoms with Crippen LogP contribution >= 0.6 is 0 Å². The molecule has 1 heterocycles. The van der Waals surface area contributed by atoms with Crippen molar-refractivity contribution in [3.63, 3.8) is 0 Å². The third kappa shape index (κ3) is 5.87. The lowest BCUT2D eigenvalue weighted by molar-refractivity contribution is -0.132. The lowest BCUT2D eigenvalue weighted by Gasteiger charge is -2.31. The van der Waals surface area contributed by atoms with Crippen molar-refractivity contribution >= 4 is 17.9 Å². The molecule has 1 unspecified atom stereocenters. The van der Waals surface area contributed by atoms with Crippen LogP contribution in [0.25, 0.3) is 6.08 Å². The summed E-state index contributed by atoms with van der Waals surface area (Å²) >= 11 is 0. The van der Waals surface area contributed by atoms with Crippen molar-refractivity contribution in [3.8, 4) is 11.5 Å². The lowest BCUT2D eigenvalue weighted by atomic mass is 9.95. The zero-order valence-electron chi connectivity index (χ0n) is 18.3. The van der Waals surface area contributed by atoms with Crippen molar-refractivity contribution in [2.75, 3.05) is 27.3 Å². The first-order valence-corrected chi connectivity index (χ1v) is 10.6. The van der Waals surface area contributed by atoms with Crippen molar-refractivity contribution in [3.05, 3.63) is 65.7 Å². The van der Waals surface area contributed by atoms with Crippen LogP contribution in [-0.2, 0) is 9.59 Å². The standard InChI is InChI=1S/C25H30N2O4/c1-18(22-17-21(30-2)10-11-23(22)31-3)26-25(29)20-13-15-27(16-14-20)24(28)12-9-19-7-5-4-6-8-19/h4-12,17-18,20H,13-16H2,1-3H3,(H,26,29)/b12-9+. The molecule has 164 valence electrons. The number of rotatable bonds is 7. The van der Waals surface area contributed by atoms with Crippen LogP contribution in [0, 0.1) is 5.92 Å². The number of hydrogen-bond acceptors (Lipinski definition) is 4. The molecule has 0 aliphatic carbocycles. The van der Waals surface area contributed by atoms with Gasteiger partial charge in [-0.1, -0.05) is 30.3 Å². The van der Waals surface area contributed by atoms with Crippen LogP contribution in [0.15, 0.2) is 54.6 Å². The van der Waals surface area contributed by atoms with E-state index in [2.05, 4.69) is 5.32 Å². The summed E-state index contributed by atoms with van der Waals surface area (Å²) in [6.07, 6.45) is 4.73. The Kier molecular flexibility index (Phi) is 7.70. The number of hydrogen-bond donors (Lipinski definition) is 1. The average molecular weight is 423 g/mol. The van der Waals surface area contributed by atoms with E-state index in [4.69, 9.17) is 9.47 Å². The third-order valence-corrected chi connectivity index (χ3v) is 5.66. The van der Waals surface area contributed by atoms with Crippen molar-refractivity contribution in [1.29, 1.82) is 0 Å². The van der Waals surface area contributed by atoms with Crippen LogP contribution in [0.5, 0.6) is 11.5 Å². The number of amides is 2. The van der Waals surface area contributed by atoms with E-state index in [0.29, 0.717) is 37.4 Å². The minimum Gasteiger partial charge on any atom is -0.497 e. The molecule has 1 atom stereocenters. The van der Waals surface area contributed by atoms with Gasteiger partial charge in [-0.2, -0.15) is 0 Å². The number of carbonyl (C=O) groups is 2. The normalized spacial score (nSPS) is 15.5. The molecule has 1 aliphatic rings. The number of ether oxygens (including phenoxy) is 2. The third-order valence-electron chi connectivity index (χ3n) is 5.66. The molecule has 3 rings (SSSR count). The molecule has 2 aromatic carbocycles. The number of nitrogens with zero attached hydrogens (tertiary/aromatic N) is 1. The highest BCUT2D eigenvalue weighted by Gasteiger charge is 2.28.